The van der Waals surface area contributed by atoms with Crippen LogP contribution in [0.1, 0.15) is 60.5 Å². The number of nitrogens with one attached hydrogen (secondary N) is 1. The van der Waals surface area contributed by atoms with E-state index < -0.39 is 0 Å². The van der Waals surface area contributed by atoms with E-state index >= 15 is 0 Å². The van der Waals surface area contributed by atoms with Gasteiger partial charge in [0.1, 0.15) is 0 Å². The Morgan fingerprint density at radius 1 is 1.05 bits per heavy atom. The summed E-state index contributed by atoms with van der Waals surface area (Å²) in [6.45, 7) is 3.49. The maximum atomic E-state index is 13.6. The number of thioether (sulfide) groups is 1. The zero-order valence-electron chi connectivity index (χ0n) is 21.7. The lowest BCUT2D eigenvalue weighted by atomic mass is 9.79. The number of hydrogen-bond donors (Lipinski definition) is 1. The van der Waals surface area contributed by atoms with Crippen LogP contribution in [-0.4, -0.2) is 18.4 Å². The molecule has 0 unspecified atom stereocenters. The molecule has 4 nitrogen and oxygen atoms in total. The fourth-order valence-corrected chi connectivity index (χ4v) is 6.69. The molecule has 3 aromatic carbocycles. The summed E-state index contributed by atoms with van der Waals surface area (Å²) in [6, 6.07) is 23.0. The molecule has 0 aromatic heterocycles. The minimum atomic E-state index is -0.0487. The number of para-hydroxylation sites is 1. The van der Waals surface area contributed by atoms with Gasteiger partial charge in [0.05, 0.1) is 17.1 Å². The second-order valence-electron chi connectivity index (χ2n) is 10.3. The van der Waals surface area contributed by atoms with E-state index in [1.807, 2.05) is 78.9 Å². The Labute approximate surface area is 234 Å². The highest BCUT2D eigenvalue weighted by molar-refractivity contribution is 8.04. The maximum absolute atomic E-state index is 13.6. The third-order valence-electron chi connectivity index (χ3n) is 7.62. The zero-order chi connectivity index (χ0) is 26.5. The fourth-order valence-electron chi connectivity index (χ4n) is 5.41. The molecule has 2 amide bonds. The van der Waals surface area contributed by atoms with Gasteiger partial charge in [0.15, 0.2) is 0 Å². The SMILES string of the molecule is C[C@H]1CCCC[C@@H]1CCNC(=O)c1ccc(/C=C2/Sc3ccccc3N(Cc3cccc(Cl)c3)C2=O)cc1. The van der Waals surface area contributed by atoms with Crippen molar-refractivity contribution in [3.63, 3.8) is 0 Å². The Kier molecular flexibility index (Phi) is 8.55. The van der Waals surface area contributed by atoms with E-state index in [0.29, 0.717) is 34.5 Å². The van der Waals surface area contributed by atoms with Crippen LogP contribution in [0.15, 0.2) is 82.6 Å². The van der Waals surface area contributed by atoms with Crippen molar-refractivity contribution in [3.8, 4) is 0 Å². The number of halogens is 1. The van der Waals surface area contributed by atoms with E-state index in [0.717, 1.165) is 34.0 Å². The first-order valence-corrected chi connectivity index (χ1v) is 14.6. The van der Waals surface area contributed by atoms with Crippen molar-refractivity contribution in [1.29, 1.82) is 0 Å². The molecule has 2 aliphatic rings. The molecule has 2 atom stereocenters. The van der Waals surface area contributed by atoms with Crippen LogP contribution in [0.3, 0.4) is 0 Å². The number of anilines is 1. The highest BCUT2D eigenvalue weighted by Crippen LogP contribution is 2.42. The third kappa shape index (κ3) is 6.33. The molecule has 0 saturated heterocycles. The van der Waals surface area contributed by atoms with Gasteiger partial charge in [0.2, 0.25) is 0 Å². The van der Waals surface area contributed by atoms with Crippen molar-refractivity contribution in [2.45, 2.75) is 50.5 Å². The number of amides is 2. The molecule has 3 aromatic rings. The average Bonchev–Trinajstić information content (AvgIpc) is 2.92. The van der Waals surface area contributed by atoms with Crippen LogP contribution < -0.4 is 10.2 Å². The lowest BCUT2D eigenvalue weighted by Crippen LogP contribution is -2.33. The maximum Gasteiger partial charge on any atom is 0.265 e. The Balaban J connectivity index is 1.27. The van der Waals surface area contributed by atoms with Gasteiger partial charge in [-0.05, 0) is 71.9 Å². The van der Waals surface area contributed by atoms with Crippen molar-refractivity contribution < 1.29 is 9.59 Å². The predicted molar refractivity (Wildman–Crippen MR) is 157 cm³/mol. The fraction of sp³-hybridized carbons (Fsp3) is 0.312. The van der Waals surface area contributed by atoms with Crippen molar-refractivity contribution in [2.75, 3.05) is 11.4 Å². The summed E-state index contributed by atoms with van der Waals surface area (Å²) in [5.41, 5.74) is 3.39. The molecule has 1 N–H and O–H groups in total. The number of hydrogen-bond acceptors (Lipinski definition) is 3. The van der Waals surface area contributed by atoms with Gasteiger partial charge in [0.25, 0.3) is 11.8 Å². The van der Waals surface area contributed by atoms with Crippen LogP contribution in [0, 0.1) is 11.8 Å². The van der Waals surface area contributed by atoms with Crippen LogP contribution >= 0.6 is 23.4 Å². The molecular weight excluding hydrogens is 512 g/mol. The molecule has 0 spiro atoms. The zero-order valence-corrected chi connectivity index (χ0v) is 23.2. The lowest BCUT2D eigenvalue weighted by molar-refractivity contribution is -0.114. The predicted octanol–water partition coefficient (Wildman–Crippen LogP) is 7.97. The van der Waals surface area contributed by atoms with Gasteiger partial charge in [-0.3, -0.25) is 9.59 Å². The Bertz CT molecular complexity index is 1340. The topological polar surface area (TPSA) is 49.4 Å². The van der Waals surface area contributed by atoms with Crippen LogP contribution in [0.4, 0.5) is 5.69 Å². The number of nitrogens with zero attached hydrogens (tertiary/aromatic N) is 1. The summed E-state index contributed by atoms with van der Waals surface area (Å²) in [6.07, 6.45) is 8.18. The van der Waals surface area contributed by atoms with Gasteiger partial charge in [-0.15, -0.1) is 0 Å². The van der Waals surface area contributed by atoms with Crippen molar-refractivity contribution in [2.24, 2.45) is 11.8 Å². The molecule has 0 bridgehead atoms. The first-order valence-electron chi connectivity index (χ1n) is 13.4. The van der Waals surface area contributed by atoms with Crippen LogP contribution in [-0.2, 0) is 11.3 Å². The molecule has 1 aliphatic heterocycles. The number of carbonyl (C=O) groups excluding carboxylic acids is 2. The summed E-state index contributed by atoms with van der Waals surface area (Å²) >= 11 is 7.67. The molecule has 38 heavy (non-hydrogen) atoms. The summed E-state index contributed by atoms with van der Waals surface area (Å²) in [7, 11) is 0. The van der Waals surface area contributed by atoms with E-state index in [2.05, 4.69) is 12.2 Å². The smallest absolute Gasteiger partial charge is 0.265 e. The summed E-state index contributed by atoms with van der Waals surface area (Å²) in [5, 5.41) is 3.74. The molecular formula is C32H33ClN2O2S. The normalized spacial score (nSPS) is 20.3. The number of fused-ring (bicyclic) bond motifs is 1. The Morgan fingerprint density at radius 3 is 2.63 bits per heavy atom. The van der Waals surface area contributed by atoms with Crippen molar-refractivity contribution in [1.82, 2.24) is 5.32 Å². The molecule has 1 saturated carbocycles. The van der Waals surface area contributed by atoms with Crippen molar-refractivity contribution in [3.05, 3.63) is 99.4 Å². The summed E-state index contributed by atoms with van der Waals surface area (Å²) < 4.78 is 0. The number of benzene rings is 3. The minimum absolute atomic E-state index is 0.0441. The monoisotopic (exact) mass is 544 g/mol. The minimum Gasteiger partial charge on any atom is -0.352 e. The highest BCUT2D eigenvalue weighted by atomic mass is 35.5. The first-order chi connectivity index (χ1) is 18.5. The average molecular weight is 545 g/mol. The van der Waals surface area contributed by atoms with E-state index in [1.165, 1.54) is 37.4 Å². The van der Waals surface area contributed by atoms with Gasteiger partial charge in [0, 0.05) is 22.0 Å². The van der Waals surface area contributed by atoms with Crippen LogP contribution in [0.25, 0.3) is 6.08 Å². The second kappa shape index (κ2) is 12.2. The highest BCUT2D eigenvalue weighted by Gasteiger charge is 2.29. The van der Waals surface area contributed by atoms with E-state index in [4.69, 9.17) is 11.6 Å². The number of carbonyl (C=O) groups is 2. The molecule has 1 aliphatic carbocycles. The van der Waals surface area contributed by atoms with Crippen LogP contribution in [0.5, 0.6) is 0 Å². The molecule has 0 radical (unpaired) electrons. The third-order valence-corrected chi connectivity index (χ3v) is 8.93. The Hall–Kier alpha value is -3.02. The molecule has 196 valence electrons. The van der Waals surface area contributed by atoms with Gasteiger partial charge in [-0.1, -0.05) is 92.4 Å². The van der Waals surface area contributed by atoms with Crippen molar-refractivity contribution >= 4 is 46.9 Å². The summed E-state index contributed by atoms with van der Waals surface area (Å²) in [5.74, 6) is 1.37. The summed E-state index contributed by atoms with van der Waals surface area (Å²) in [4.78, 5) is 29.7. The van der Waals surface area contributed by atoms with E-state index in [1.54, 1.807) is 4.90 Å². The van der Waals surface area contributed by atoms with Gasteiger partial charge >= 0.3 is 0 Å². The van der Waals surface area contributed by atoms with Gasteiger partial charge < -0.3 is 10.2 Å². The van der Waals surface area contributed by atoms with Crippen LogP contribution in [0.2, 0.25) is 5.02 Å². The van der Waals surface area contributed by atoms with E-state index in [9.17, 15) is 9.59 Å². The largest absolute Gasteiger partial charge is 0.352 e. The standard InChI is InChI=1S/C32H33ClN2O2S/c1-22-7-2-3-9-25(22)17-18-34-31(36)26-15-13-23(14-16-26)20-30-32(37)35(21-24-8-6-10-27(33)19-24)28-11-4-5-12-29(28)38-30/h4-6,8,10-16,19-20,22,25H,2-3,7,9,17-18,21H2,1H3,(H,34,36)/b30-20+/t22-,25+/m0/s1. The molecule has 5 rings (SSSR count). The number of rotatable bonds is 7. The Morgan fingerprint density at radius 2 is 1.84 bits per heavy atom. The second-order valence-corrected chi connectivity index (χ2v) is 11.8. The lowest BCUT2D eigenvalue weighted by Gasteiger charge is -2.30. The molecule has 6 heteroatoms. The molecule has 1 heterocycles. The quantitative estimate of drug-likeness (QED) is 0.307. The first kappa shape index (κ1) is 26.6. The van der Waals surface area contributed by atoms with Gasteiger partial charge in [-0.25, -0.2) is 0 Å². The molecule has 1 fully saturated rings. The van der Waals surface area contributed by atoms with Gasteiger partial charge in [-0.2, -0.15) is 0 Å². The van der Waals surface area contributed by atoms with E-state index in [-0.39, 0.29) is 11.8 Å².